The van der Waals surface area contributed by atoms with Gasteiger partial charge in [-0.05, 0) is 30.5 Å². The van der Waals surface area contributed by atoms with Crippen molar-refractivity contribution in [3.63, 3.8) is 0 Å². The molecule has 1 aliphatic rings. The van der Waals surface area contributed by atoms with E-state index >= 15 is 0 Å². The van der Waals surface area contributed by atoms with Crippen LogP contribution in [0.4, 0.5) is 5.13 Å². The average Bonchev–Trinajstić information content (AvgIpc) is 3.35. The lowest BCUT2D eigenvalue weighted by atomic mass is 10.1. The predicted octanol–water partition coefficient (Wildman–Crippen LogP) is 4.06. The number of carbonyl (C=O) groups is 1. The summed E-state index contributed by atoms with van der Waals surface area (Å²) in [6.45, 7) is 1.30. The number of thiazole rings is 1. The largest absolute Gasteiger partial charge is 0.494 e. The normalized spacial score (nSPS) is 16.6. The molecule has 0 N–H and O–H groups in total. The molecule has 1 amide bonds. The van der Waals surface area contributed by atoms with Gasteiger partial charge in [-0.3, -0.25) is 9.69 Å². The summed E-state index contributed by atoms with van der Waals surface area (Å²) in [4.78, 5) is 19.7. The highest BCUT2D eigenvalue weighted by molar-refractivity contribution is 7.22. The van der Waals surface area contributed by atoms with Gasteiger partial charge in [-0.1, -0.05) is 47.7 Å². The number of aromatic nitrogens is 1. The van der Waals surface area contributed by atoms with Crippen molar-refractivity contribution in [1.82, 2.24) is 4.98 Å². The van der Waals surface area contributed by atoms with Crippen molar-refractivity contribution >= 4 is 32.6 Å². The van der Waals surface area contributed by atoms with Gasteiger partial charge in [-0.2, -0.15) is 0 Å². The molecule has 4 rings (SSSR count). The summed E-state index contributed by atoms with van der Waals surface area (Å²) >= 11 is 1.52. The van der Waals surface area contributed by atoms with Crippen LogP contribution in [-0.2, 0) is 16.0 Å². The molecule has 0 radical (unpaired) electrons. The highest BCUT2D eigenvalue weighted by Crippen LogP contribution is 2.34. The van der Waals surface area contributed by atoms with E-state index in [9.17, 15) is 4.79 Å². The third-order valence-corrected chi connectivity index (χ3v) is 5.77. The molecule has 1 fully saturated rings. The lowest BCUT2D eigenvalue weighted by molar-refractivity contribution is -0.118. The van der Waals surface area contributed by atoms with Crippen LogP contribution in [0.15, 0.2) is 48.5 Å². The van der Waals surface area contributed by atoms with Crippen molar-refractivity contribution in [2.45, 2.75) is 25.4 Å². The fourth-order valence-corrected chi connectivity index (χ4v) is 4.35. The number of methoxy groups -OCH3 is 1. The number of hydrogen-bond acceptors (Lipinski definition) is 5. The molecule has 0 bridgehead atoms. The molecule has 140 valence electrons. The number of carbonyl (C=O) groups excluding carboxylic acids is 1. The molecule has 1 atom stereocenters. The lowest BCUT2D eigenvalue weighted by Gasteiger charge is -2.23. The number of anilines is 1. The maximum Gasteiger partial charge on any atom is 0.233 e. The van der Waals surface area contributed by atoms with Crippen LogP contribution in [-0.4, -0.2) is 37.3 Å². The number of amides is 1. The first-order chi connectivity index (χ1) is 13.2. The van der Waals surface area contributed by atoms with Gasteiger partial charge in [0.15, 0.2) is 5.13 Å². The number of benzene rings is 2. The Morgan fingerprint density at radius 3 is 2.85 bits per heavy atom. The molecule has 2 heterocycles. The number of fused-ring (bicyclic) bond motifs is 1. The molecule has 27 heavy (non-hydrogen) atoms. The first-order valence-corrected chi connectivity index (χ1v) is 9.95. The Balaban J connectivity index is 1.65. The molecule has 1 saturated heterocycles. The quantitative estimate of drug-likeness (QED) is 0.645. The molecule has 3 aromatic rings. The monoisotopic (exact) mass is 382 g/mol. The summed E-state index contributed by atoms with van der Waals surface area (Å²) < 4.78 is 12.2. The minimum atomic E-state index is 0.0368. The zero-order valence-electron chi connectivity index (χ0n) is 15.3. The third kappa shape index (κ3) is 3.96. The second kappa shape index (κ2) is 8.06. The van der Waals surface area contributed by atoms with Crippen LogP contribution in [0.1, 0.15) is 18.4 Å². The van der Waals surface area contributed by atoms with Crippen LogP contribution in [0.25, 0.3) is 10.2 Å². The van der Waals surface area contributed by atoms with Crippen LogP contribution in [0.5, 0.6) is 5.75 Å². The minimum absolute atomic E-state index is 0.0368. The highest BCUT2D eigenvalue weighted by Gasteiger charge is 2.26. The van der Waals surface area contributed by atoms with Crippen LogP contribution < -0.4 is 9.64 Å². The number of para-hydroxylation sites is 1. The van der Waals surface area contributed by atoms with E-state index in [2.05, 4.69) is 0 Å². The Bertz CT molecular complexity index is 920. The van der Waals surface area contributed by atoms with Gasteiger partial charge < -0.3 is 9.47 Å². The van der Waals surface area contributed by atoms with Crippen LogP contribution in [0, 0.1) is 0 Å². The molecule has 1 unspecified atom stereocenters. The minimum Gasteiger partial charge on any atom is -0.494 e. The topological polar surface area (TPSA) is 51.7 Å². The fraction of sp³-hybridized carbons (Fsp3) is 0.333. The molecular weight excluding hydrogens is 360 g/mol. The fourth-order valence-electron chi connectivity index (χ4n) is 3.34. The van der Waals surface area contributed by atoms with E-state index in [0.29, 0.717) is 18.1 Å². The smallest absolute Gasteiger partial charge is 0.233 e. The maximum atomic E-state index is 13.1. The van der Waals surface area contributed by atoms with E-state index < -0.39 is 0 Å². The molecule has 0 saturated carbocycles. The second-order valence-corrected chi connectivity index (χ2v) is 7.61. The van der Waals surface area contributed by atoms with E-state index in [1.165, 1.54) is 11.3 Å². The highest BCUT2D eigenvalue weighted by atomic mass is 32.1. The van der Waals surface area contributed by atoms with Gasteiger partial charge in [0.25, 0.3) is 0 Å². The van der Waals surface area contributed by atoms with Crippen LogP contribution in [0.2, 0.25) is 0 Å². The summed E-state index contributed by atoms with van der Waals surface area (Å²) in [5, 5.41) is 0.700. The van der Waals surface area contributed by atoms with Crippen molar-refractivity contribution in [3.05, 3.63) is 54.1 Å². The maximum absolute atomic E-state index is 13.1. The van der Waals surface area contributed by atoms with Gasteiger partial charge >= 0.3 is 0 Å². The van der Waals surface area contributed by atoms with E-state index in [1.54, 1.807) is 12.0 Å². The van der Waals surface area contributed by atoms with Gasteiger partial charge in [0.1, 0.15) is 11.3 Å². The van der Waals surface area contributed by atoms with Crippen molar-refractivity contribution in [2.24, 2.45) is 0 Å². The van der Waals surface area contributed by atoms with Gasteiger partial charge in [-0.15, -0.1) is 0 Å². The molecule has 6 heteroatoms. The summed E-state index contributed by atoms with van der Waals surface area (Å²) in [7, 11) is 1.64. The average molecular weight is 382 g/mol. The zero-order chi connectivity index (χ0) is 18.6. The first kappa shape index (κ1) is 17.9. The van der Waals surface area contributed by atoms with Crippen molar-refractivity contribution in [1.29, 1.82) is 0 Å². The second-order valence-electron chi connectivity index (χ2n) is 6.61. The zero-order valence-corrected chi connectivity index (χ0v) is 16.1. The molecule has 1 aromatic heterocycles. The molecule has 2 aromatic carbocycles. The van der Waals surface area contributed by atoms with E-state index in [4.69, 9.17) is 14.5 Å². The summed E-state index contributed by atoms with van der Waals surface area (Å²) in [5.74, 6) is 0.761. The number of rotatable bonds is 6. The number of nitrogens with zero attached hydrogens (tertiary/aromatic N) is 2. The lowest BCUT2D eigenvalue weighted by Crippen LogP contribution is -2.38. The summed E-state index contributed by atoms with van der Waals surface area (Å²) in [5.41, 5.74) is 1.79. The van der Waals surface area contributed by atoms with E-state index in [-0.39, 0.29) is 12.0 Å². The van der Waals surface area contributed by atoms with Gasteiger partial charge in [0, 0.05) is 6.61 Å². The van der Waals surface area contributed by atoms with Crippen molar-refractivity contribution in [3.8, 4) is 5.75 Å². The molecule has 0 aliphatic carbocycles. The SMILES string of the molecule is COc1cccc2sc(N(CC3CCCO3)C(=O)Cc3ccccc3)nc12. The van der Waals surface area contributed by atoms with Crippen LogP contribution >= 0.6 is 11.3 Å². The van der Waals surface area contributed by atoms with Gasteiger partial charge in [0.05, 0.1) is 30.9 Å². The van der Waals surface area contributed by atoms with Crippen molar-refractivity contribution < 1.29 is 14.3 Å². The molecule has 1 aliphatic heterocycles. The number of hydrogen-bond donors (Lipinski definition) is 0. The number of ether oxygens (including phenoxy) is 2. The Kier molecular flexibility index (Phi) is 5.36. The Morgan fingerprint density at radius 1 is 1.26 bits per heavy atom. The standard InChI is InChI=1S/C21H22N2O3S/c1-25-17-10-5-11-18-20(17)22-21(27-18)23(14-16-9-6-12-26-16)19(24)13-15-7-3-2-4-8-15/h2-5,7-8,10-11,16H,6,9,12-14H2,1H3. The Labute approximate surface area is 162 Å². The molecule has 5 nitrogen and oxygen atoms in total. The molecular formula is C21H22N2O3S. The Hall–Kier alpha value is -2.44. The van der Waals surface area contributed by atoms with Crippen LogP contribution in [0.3, 0.4) is 0 Å². The Morgan fingerprint density at radius 2 is 2.11 bits per heavy atom. The predicted molar refractivity (Wildman–Crippen MR) is 108 cm³/mol. The first-order valence-electron chi connectivity index (χ1n) is 9.14. The summed E-state index contributed by atoms with van der Waals surface area (Å²) in [6, 6.07) is 15.7. The van der Waals surface area contributed by atoms with Gasteiger partial charge in [-0.25, -0.2) is 4.98 Å². The van der Waals surface area contributed by atoms with Crippen molar-refractivity contribution in [2.75, 3.05) is 25.2 Å². The van der Waals surface area contributed by atoms with Gasteiger partial charge in [0.2, 0.25) is 5.91 Å². The van der Waals surface area contributed by atoms with E-state index in [0.717, 1.165) is 41.0 Å². The molecule has 0 spiro atoms. The summed E-state index contributed by atoms with van der Waals surface area (Å²) in [6.07, 6.45) is 2.43. The van der Waals surface area contributed by atoms with E-state index in [1.807, 2.05) is 48.5 Å². The third-order valence-electron chi connectivity index (χ3n) is 4.73.